The van der Waals surface area contributed by atoms with Gasteiger partial charge in [0.15, 0.2) is 5.76 Å². The summed E-state index contributed by atoms with van der Waals surface area (Å²) in [7, 11) is 0. The summed E-state index contributed by atoms with van der Waals surface area (Å²) in [5.74, 6) is 1.56. The molecule has 2 aromatic rings. The molecule has 0 aromatic carbocycles. The molecule has 6 heteroatoms. The van der Waals surface area contributed by atoms with Crippen LogP contribution in [0.4, 0.5) is 0 Å². The summed E-state index contributed by atoms with van der Waals surface area (Å²) in [5.41, 5.74) is 2.23. The highest BCUT2D eigenvalue weighted by atomic mass is 35.5. The Labute approximate surface area is 150 Å². The van der Waals surface area contributed by atoms with Crippen LogP contribution in [0.3, 0.4) is 0 Å². The first-order valence-electron chi connectivity index (χ1n) is 8.78. The fourth-order valence-electron chi connectivity index (χ4n) is 4.28. The van der Waals surface area contributed by atoms with E-state index in [1.807, 2.05) is 0 Å². The fraction of sp³-hybridized carbons (Fsp3) is 0.611. The second-order valence-corrected chi connectivity index (χ2v) is 9.14. The van der Waals surface area contributed by atoms with Crippen molar-refractivity contribution in [1.29, 1.82) is 0 Å². The second kappa shape index (κ2) is 5.56. The van der Waals surface area contributed by atoms with Crippen LogP contribution in [0.15, 0.2) is 16.7 Å². The second-order valence-electron chi connectivity index (χ2n) is 7.45. The Morgan fingerprint density at radius 1 is 1.33 bits per heavy atom. The van der Waals surface area contributed by atoms with E-state index in [0.717, 1.165) is 41.7 Å². The first-order chi connectivity index (χ1) is 11.6. The number of hydrogen-bond acceptors (Lipinski definition) is 5. The number of halogens is 1. The molecule has 3 atom stereocenters. The largest absolute Gasteiger partial charge is 0.369 e. The van der Waals surface area contributed by atoms with E-state index in [2.05, 4.69) is 29.5 Å². The Morgan fingerprint density at radius 2 is 2.21 bits per heavy atom. The molecule has 2 fully saturated rings. The number of nitrogens with one attached hydrogen (secondary N) is 1. The van der Waals surface area contributed by atoms with Gasteiger partial charge in [0.25, 0.3) is 0 Å². The molecular formula is C18H21ClN2O2S. The van der Waals surface area contributed by atoms with E-state index in [0.29, 0.717) is 12.0 Å². The van der Waals surface area contributed by atoms with Crippen molar-refractivity contribution in [2.24, 2.45) is 0 Å². The highest BCUT2D eigenvalue weighted by Gasteiger charge is 2.47. The number of aromatic nitrogens is 1. The number of thiophene rings is 1. The Balaban J connectivity index is 1.49. The highest BCUT2D eigenvalue weighted by molar-refractivity contribution is 7.16. The maximum atomic E-state index is 6.38. The van der Waals surface area contributed by atoms with Crippen molar-refractivity contribution >= 4 is 22.9 Å². The first-order valence-corrected chi connectivity index (χ1v) is 9.98. The monoisotopic (exact) mass is 364 g/mol. The van der Waals surface area contributed by atoms with Crippen molar-refractivity contribution in [3.05, 3.63) is 38.4 Å². The van der Waals surface area contributed by atoms with Crippen molar-refractivity contribution in [3.63, 3.8) is 0 Å². The Morgan fingerprint density at radius 3 is 3.04 bits per heavy atom. The van der Waals surface area contributed by atoms with E-state index in [9.17, 15) is 0 Å². The molecule has 24 heavy (non-hydrogen) atoms. The maximum Gasteiger partial charge on any atom is 0.154 e. The van der Waals surface area contributed by atoms with E-state index in [1.54, 1.807) is 11.3 Å². The molecule has 1 saturated heterocycles. The fourth-order valence-corrected chi connectivity index (χ4v) is 5.75. The topological polar surface area (TPSA) is 47.3 Å². The number of fused-ring (bicyclic) bond motifs is 2. The van der Waals surface area contributed by atoms with Crippen LogP contribution in [-0.4, -0.2) is 17.8 Å². The van der Waals surface area contributed by atoms with E-state index < -0.39 is 0 Å². The van der Waals surface area contributed by atoms with Crippen molar-refractivity contribution < 1.29 is 9.26 Å². The van der Waals surface area contributed by atoms with Crippen LogP contribution in [0.5, 0.6) is 0 Å². The molecule has 2 aliphatic heterocycles. The highest BCUT2D eigenvalue weighted by Crippen LogP contribution is 2.50. The lowest BCUT2D eigenvalue weighted by atomic mass is 9.79. The number of ether oxygens (including phenoxy) is 1. The molecule has 5 rings (SSSR count). The van der Waals surface area contributed by atoms with Crippen molar-refractivity contribution in [1.82, 2.24) is 10.5 Å². The van der Waals surface area contributed by atoms with E-state index in [1.165, 1.54) is 23.3 Å². The smallest absolute Gasteiger partial charge is 0.154 e. The van der Waals surface area contributed by atoms with Crippen LogP contribution in [0, 0.1) is 0 Å². The molecule has 0 bridgehead atoms. The summed E-state index contributed by atoms with van der Waals surface area (Å²) >= 11 is 7.99. The van der Waals surface area contributed by atoms with Gasteiger partial charge in [0.2, 0.25) is 0 Å². The Kier molecular flexibility index (Phi) is 3.56. The summed E-state index contributed by atoms with van der Waals surface area (Å²) in [6.07, 6.45) is 5.29. The molecule has 1 saturated carbocycles. The molecule has 1 spiro atoms. The zero-order chi connectivity index (χ0) is 16.3. The Bertz CT molecular complexity index is 769. The van der Waals surface area contributed by atoms with Crippen LogP contribution >= 0.6 is 22.9 Å². The maximum absolute atomic E-state index is 6.38. The van der Waals surface area contributed by atoms with Gasteiger partial charge in [0.1, 0.15) is 5.60 Å². The van der Waals surface area contributed by atoms with E-state index >= 15 is 0 Å². The van der Waals surface area contributed by atoms with Gasteiger partial charge in [-0.1, -0.05) is 16.8 Å². The predicted molar refractivity (Wildman–Crippen MR) is 93.7 cm³/mol. The van der Waals surface area contributed by atoms with Crippen molar-refractivity contribution in [2.75, 3.05) is 6.61 Å². The number of rotatable bonds is 2. The summed E-state index contributed by atoms with van der Waals surface area (Å²) in [6.45, 7) is 2.99. The normalized spacial score (nSPS) is 32.9. The zero-order valence-corrected chi connectivity index (χ0v) is 15.3. The molecule has 4 heterocycles. The van der Waals surface area contributed by atoms with Gasteiger partial charge in [0, 0.05) is 29.3 Å². The quantitative estimate of drug-likeness (QED) is 0.849. The van der Waals surface area contributed by atoms with Crippen LogP contribution in [0.1, 0.15) is 66.5 Å². The summed E-state index contributed by atoms with van der Waals surface area (Å²) in [5, 5.41) is 7.96. The zero-order valence-electron chi connectivity index (χ0n) is 13.7. The third kappa shape index (κ3) is 2.53. The van der Waals surface area contributed by atoms with Crippen LogP contribution in [0.25, 0.3) is 0 Å². The van der Waals surface area contributed by atoms with Crippen molar-refractivity contribution in [2.45, 2.75) is 62.6 Å². The standard InChI is InChI=1S/C18H21ClN2O2S/c1-10-8-18(17-12(4-5-22-18)6-16(19)24-17)9-14(20-10)15-7-13(21-23-15)11-2-3-11/h6-7,10-11,14,20H,2-5,8-9H2,1H3. The third-order valence-electron chi connectivity index (χ3n) is 5.48. The summed E-state index contributed by atoms with van der Waals surface area (Å²) < 4.78 is 12.9. The molecule has 3 unspecified atom stereocenters. The summed E-state index contributed by atoms with van der Waals surface area (Å²) in [4.78, 5) is 1.32. The molecule has 4 nitrogen and oxygen atoms in total. The third-order valence-corrected chi connectivity index (χ3v) is 6.98. The average Bonchev–Trinajstić information content (AvgIpc) is 3.13. The molecular weight excluding hydrogens is 344 g/mol. The van der Waals surface area contributed by atoms with Crippen LogP contribution < -0.4 is 5.32 Å². The number of nitrogens with zero attached hydrogens (tertiary/aromatic N) is 1. The van der Waals surface area contributed by atoms with Gasteiger partial charge in [-0.3, -0.25) is 0 Å². The average molecular weight is 365 g/mol. The van der Waals surface area contributed by atoms with Crippen molar-refractivity contribution in [3.8, 4) is 0 Å². The number of hydrogen-bond donors (Lipinski definition) is 1. The van der Waals surface area contributed by atoms with E-state index in [-0.39, 0.29) is 11.6 Å². The molecule has 0 amide bonds. The van der Waals surface area contributed by atoms with Gasteiger partial charge in [-0.15, -0.1) is 11.3 Å². The van der Waals surface area contributed by atoms with Crippen LogP contribution in [-0.2, 0) is 16.8 Å². The lowest BCUT2D eigenvalue weighted by molar-refractivity contribution is -0.0973. The SMILES string of the molecule is CC1CC2(CC(c3cc(C4CC4)no3)N1)OCCc1cc(Cl)sc12. The summed E-state index contributed by atoms with van der Waals surface area (Å²) in [6, 6.07) is 4.75. The first kappa shape index (κ1) is 15.4. The Hall–Kier alpha value is -0.880. The molecule has 1 aliphatic carbocycles. The minimum atomic E-state index is -0.243. The minimum absolute atomic E-state index is 0.139. The van der Waals surface area contributed by atoms with Gasteiger partial charge >= 0.3 is 0 Å². The minimum Gasteiger partial charge on any atom is -0.369 e. The van der Waals surface area contributed by atoms with Gasteiger partial charge in [-0.25, -0.2) is 0 Å². The lowest BCUT2D eigenvalue weighted by Gasteiger charge is -2.45. The molecule has 0 radical (unpaired) electrons. The van der Waals surface area contributed by atoms with Gasteiger partial charge in [-0.05, 0) is 44.2 Å². The molecule has 1 N–H and O–H groups in total. The van der Waals surface area contributed by atoms with Crippen LogP contribution in [0.2, 0.25) is 4.34 Å². The predicted octanol–water partition coefficient (Wildman–Crippen LogP) is 4.55. The van der Waals surface area contributed by atoms with Gasteiger partial charge < -0.3 is 14.6 Å². The van der Waals surface area contributed by atoms with Gasteiger partial charge in [-0.2, -0.15) is 0 Å². The van der Waals surface area contributed by atoms with E-state index in [4.69, 9.17) is 20.9 Å². The molecule has 3 aliphatic rings. The molecule has 2 aromatic heterocycles. The van der Waals surface area contributed by atoms with Gasteiger partial charge in [0.05, 0.1) is 22.7 Å². The number of piperidine rings is 1. The molecule has 128 valence electrons. The lowest BCUT2D eigenvalue weighted by Crippen LogP contribution is -2.49.